The van der Waals surface area contributed by atoms with Crippen molar-refractivity contribution in [3.05, 3.63) is 34.4 Å². The maximum Gasteiger partial charge on any atom is 0.336 e. The Morgan fingerprint density at radius 1 is 1.22 bits per heavy atom. The van der Waals surface area contributed by atoms with Gasteiger partial charge in [-0.25, -0.2) is 4.79 Å². The minimum atomic E-state index is -1.08. The summed E-state index contributed by atoms with van der Waals surface area (Å²) in [6, 6.07) is 3.45. The Morgan fingerprint density at radius 3 is 2.28 bits per heavy atom. The molecule has 0 aliphatic carbocycles. The Hall–Kier alpha value is -1.88. The number of carboxylic acid groups (broad SMARTS) is 1. The van der Waals surface area contributed by atoms with Gasteiger partial charge >= 0.3 is 5.97 Å². The van der Waals surface area contributed by atoms with Gasteiger partial charge in [0.1, 0.15) is 0 Å². The first kappa shape index (κ1) is 14.2. The van der Waals surface area contributed by atoms with Crippen LogP contribution in [0.3, 0.4) is 0 Å². The van der Waals surface area contributed by atoms with Gasteiger partial charge in [0.15, 0.2) is 0 Å². The van der Waals surface area contributed by atoms with Gasteiger partial charge in [-0.1, -0.05) is 12.1 Å². The van der Waals surface area contributed by atoms with Crippen LogP contribution >= 0.6 is 0 Å². The molecule has 0 saturated heterocycles. The molecule has 0 radical (unpaired) electrons. The number of carbonyl (C=O) groups excluding carboxylic acids is 1. The van der Waals surface area contributed by atoms with Crippen LogP contribution in [-0.2, 0) is 0 Å². The van der Waals surface area contributed by atoms with Gasteiger partial charge in [0.2, 0.25) is 0 Å². The lowest BCUT2D eigenvalue weighted by atomic mass is 9.96. The third kappa shape index (κ3) is 3.07. The highest BCUT2D eigenvalue weighted by Gasteiger charge is 2.20. The third-order valence-corrected chi connectivity index (χ3v) is 2.73. The predicted octanol–water partition coefficient (Wildman–Crippen LogP) is 1.08. The van der Waals surface area contributed by atoms with Crippen molar-refractivity contribution in [3.8, 4) is 0 Å². The zero-order chi connectivity index (χ0) is 13.7. The van der Waals surface area contributed by atoms with Crippen molar-refractivity contribution in [2.45, 2.75) is 20.3 Å². The second-order valence-corrected chi connectivity index (χ2v) is 4.15. The van der Waals surface area contributed by atoms with E-state index in [4.69, 9.17) is 5.73 Å². The molecule has 0 fully saturated rings. The van der Waals surface area contributed by atoms with Crippen LogP contribution in [0.4, 0.5) is 0 Å². The first-order chi connectivity index (χ1) is 8.49. The lowest BCUT2D eigenvalue weighted by Gasteiger charge is -2.12. The normalized spacial score (nSPS) is 10.2. The molecule has 0 unspecified atom stereocenters. The standard InChI is InChI=1S/C13H18N2O3/c1-8-4-5-9(2)11(13(17)18)10(8)12(16)15-7-3-6-14/h4-5H,3,6-7,14H2,1-2H3,(H,15,16)(H,17,18). The molecule has 0 atom stereocenters. The van der Waals surface area contributed by atoms with E-state index in [1.54, 1.807) is 26.0 Å². The van der Waals surface area contributed by atoms with E-state index in [1.807, 2.05) is 0 Å². The number of nitrogens with one attached hydrogen (secondary N) is 1. The Labute approximate surface area is 106 Å². The van der Waals surface area contributed by atoms with Crippen LogP contribution in [0.15, 0.2) is 12.1 Å². The summed E-state index contributed by atoms with van der Waals surface area (Å²) in [4.78, 5) is 23.2. The van der Waals surface area contributed by atoms with Crippen molar-refractivity contribution in [2.24, 2.45) is 5.73 Å². The van der Waals surface area contributed by atoms with Crippen LogP contribution in [0, 0.1) is 13.8 Å². The van der Waals surface area contributed by atoms with Crippen LogP contribution in [0.25, 0.3) is 0 Å². The van der Waals surface area contributed by atoms with E-state index in [2.05, 4.69) is 5.32 Å². The van der Waals surface area contributed by atoms with E-state index in [0.717, 1.165) is 0 Å². The van der Waals surface area contributed by atoms with Crippen LogP contribution in [0.5, 0.6) is 0 Å². The summed E-state index contributed by atoms with van der Waals surface area (Å²) >= 11 is 0. The van der Waals surface area contributed by atoms with Crippen molar-refractivity contribution < 1.29 is 14.7 Å². The van der Waals surface area contributed by atoms with E-state index >= 15 is 0 Å². The van der Waals surface area contributed by atoms with Gasteiger partial charge in [0.05, 0.1) is 11.1 Å². The Morgan fingerprint density at radius 2 is 1.78 bits per heavy atom. The van der Waals surface area contributed by atoms with Crippen molar-refractivity contribution in [2.75, 3.05) is 13.1 Å². The Balaban J connectivity index is 3.10. The van der Waals surface area contributed by atoms with E-state index < -0.39 is 5.97 Å². The van der Waals surface area contributed by atoms with Gasteiger partial charge in [0.25, 0.3) is 5.91 Å². The number of carboxylic acids is 1. The highest BCUT2D eigenvalue weighted by molar-refractivity contribution is 6.06. The fourth-order valence-corrected chi connectivity index (χ4v) is 1.77. The molecule has 1 amide bonds. The molecular formula is C13H18N2O3. The summed E-state index contributed by atoms with van der Waals surface area (Å²) in [5.41, 5.74) is 6.88. The van der Waals surface area contributed by atoms with Gasteiger partial charge in [0, 0.05) is 6.54 Å². The number of carbonyl (C=O) groups is 2. The van der Waals surface area contributed by atoms with Crippen LogP contribution in [-0.4, -0.2) is 30.1 Å². The summed E-state index contributed by atoms with van der Waals surface area (Å²) in [5.74, 6) is -1.44. The minimum absolute atomic E-state index is 0.0697. The number of benzene rings is 1. The lowest BCUT2D eigenvalue weighted by molar-refractivity contribution is 0.0690. The molecule has 4 N–H and O–H groups in total. The third-order valence-electron chi connectivity index (χ3n) is 2.73. The number of hydrogen-bond donors (Lipinski definition) is 3. The van der Waals surface area contributed by atoms with Gasteiger partial charge < -0.3 is 16.2 Å². The van der Waals surface area contributed by atoms with E-state index in [0.29, 0.717) is 30.6 Å². The average molecular weight is 250 g/mol. The zero-order valence-corrected chi connectivity index (χ0v) is 10.6. The largest absolute Gasteiger partial charge is 0.478 e. The maximum absolute atomic E-state index is 12.0. The second-order valence-electron chi connectivity index (χ2n) is 4.15. The molecule has 0 aliphatic rings. The molecule has 0 aromatic heterocycles. The van der Waals surface area contributed by atoms with Gasteiger partial charge in [-0.3, -0.25) is 4.79 Å². The SMILES string of the molecule is Cc1ccc(C)c(C(=O)NCCCN)c1C(=O)O. The van der Waals surface area contributed by atoms with Crippen molar-refractivity contribution in [1.82, 2.24) is 5.32 Å². The molecule has 5 nitrogen and oxygen atoms in total. The van der Waals surface area contributed by atoms with Gasteiger partial charge in [-0.15, -0.1) is 0 Å². The highest BCUT2D eigenvalue weighted by Crippen LogP contribution is 2.18. The maximum atomic E-state index is 12.0. The van der Waals surface area contributed by atoms with Gasteiger partial charge in [-0.2, -0.15) is 0 Å². The quantitative estimate of drug-likeness (QED) is 0.682. The monoisotopic (exact) mass is 250 g/mol. The van der Waals surface area contributed by atoms with Crippen LogP contribution in [0.2, 0.25) is 0 Å². The molecule has 0 spiro atoms. The van der Waals surface area contributed by atoms with E-state index in [1.165, 1.54) is 0 Å². The number of amides is 1. The van der Waals surface area contributed by atoms with Crippen molar-refractivity contribution >= 4 is 11.9 Å². The van der Waals surface area contributed by atoms with E-state index in [-0.39, 0.29) is 17.0 Å². The summed E-state index contributed by atoms with van der Waals surface area (Å²) in [6.07, 6.45) is 0.666. The average Bonchev–Trinajstić information content (AvgIpc) is 2.31. The van der Waals surface area contributed by atoms with E-state index in [9.17, 15) is 14.7 Å². The summed E-state index contributed by atoms with van der Waals surface area (Å²) in [5, 5.41) is 11.9. The molecular weight excluding hydrogens is 232 g/mol. The Bertz CT molecular complexity index is 470. The topological polar surface area (TPSA) is 92.4 Å². The molecule has 5 heteroatoms. The van der Waals surface area contributed by atoms with Crippen LogP contribution < -0.4 is 11.1 Å². The smallest absolute Gasteiger partial charge is 0.336 e. The van der Waals surface area contributed by atoms with Crippen molar-refractivity contribution in [1.29, 1.82) is 0 Å². The Kier molecular flexibility index (Phi) is 4.85. The first-order valence-electron chi connectivity index (χ1n) is 5.80. The van der Waals surface area contributed by atoms with Crippen LogP contribution in [0.1, 0.15) is 38.3 Å². The fourth-order valence-electron chi connectivity index (χ4n) is 1.77. The molecule has 98 valence electrons. The molecule has 1 aromatic rings. The lowest BCUT2D eigenvalue weighted by Crippen LogP contribution is -2.28. The summed E-state index contributed by atoms with van der Waals surface area (Å²) < 4.78 is 0. The van der Waals surface area contributed by atoms with Gasteiger partial charge in [-0.05, 0) is 37.9 Å². The second kappa shape index (κ2) is 6.16. The molecule has 0 heterocycles. The number of hydrogen-bond acceptors (Lipinski definition) is 3. The minimum Gasteiger partial charge on any atom is -0.478 e. The molecule has 1 aromatic carbocycles. The molecule has 18 heavy (non-hydrogen) atoms. The summed E-state index contributed by atoms with van der Waals surface area (Å²) in [7, 11) is 0. The number of nitrogens with two attached hydrogens (primary N) is 1. The molecule has 0 saturated carbocycles. The molecule has 0 bridgehead atoms. The summed E-state index contributed by atoms with van der Waals surface area (Å²) in [6.45, 7) is 4.34. The first-order valence-corrected chi connectivity index (χ1v) is 5.80. The predicted molar refractivity (Wildman–Crippen MR) is 68.9 cm³/mol. The highest BCUT2D eigenvalue weighted by atomic mass is 16.4. The van der Waals surface area contributed by atoms with Crippen molar-refractivity contribution in [3.63, 3.8) is 0 Å². The zero-order valence-electron chi connectivity index (χ0n) is 10.6. The molecule has 1 rings (SSSR count). The fraction of sp³-hybridized carbons (Fsp3) is 0.385. The molecule has 0 aliphatic heterocycles. The number of aryl methyl sites for hydroxylation is 2. The number of aromatic carboxylic acids is 1. The number of rotatable bonds is 5.